The Balaban J connectivity index is 2.00. The summed E-state index contributed by atoms with van der Waals surface area (Å²) in [5.74, 6) is 1.12. The molecule has 2 rings (SSSR count). The van der Waals surface area contributed by atoms with Gasteiger partial charge in [-0.3, -0.25) is 4.68 Å². The van der Waals surface area contributed by atoms with Crippen LogP contribution in [-0.4, -0.2) is 30.0 Å². The van der Waals surface area contributed by atoms with Crippen molar-refractivity contribution in [2.75, 3.05) is 0 Å². The van der Waals surface area contributed by atoms with Gasteiger partial charge in [-0.25, -0.2) is 0 Å². The highest BCUT2D eigenvalue weighted by Crippen LogP contribution is 2.12. The van der Waals surface area contributed by atoms with E-state index in [1.54, 1.807) is 9.48 Å². The van der Waals surface area contributed by atoms with Crippen molar-refractivity contribution in [3.8, 4) is 5.88 Å². The summed E-state index contributed by atoms with van der Waals surface area (Å²) < 4.78 is 7.27. The van der Waals surface area contributed by atoms with Crippen molar-refractivity contribution >= 4 is 0 Å². The molecule has 2 aromatic heterocycles. The summed E-state index contributed by atoms with van der Waals surface area (Å²) in [6.07, 6.45) is 0. The van der Waals surface area contributed by atoms with Crippen molar-refractivity contribution in [1.82, 2.24) is 30.0 Å². The van der Waals surface area contributed by atoms with Gasteiger partial charge in [0.25, 0.3) is 0 Å². The molecule has 98 valence electrons. The summed E-state index contributed by atoms with van der Waals surface area (Å²) in [5, 5.41) is 16.4. The van der Waals surface area contributed by atoms with Crippen LogP contribution >= 0.6 is 0 Å². The zero-order valence-corrected chi connectivity index (χ0v) is 11.4. The molecule has 0 saturated carbocycles. The Hall–Kier alpha value is -1.92. The van der Waals surface area contributed by atoms with Gasteiger partial charge in [-0.2, -0.15) is 4.80 Å². The van der Waals surface area contributed by atoms with Gasteiger partial charge in [0.15, 0.2) is 6.61 Å². The topological polar surface area (TPSA) is 70.7 Å². The average molecular weight is 250 g/mol. The van der Waals surface area contributed by atoms with E-state index in [2.05, 4.69) is 20.5 Å². The summed E-state index contributed by atoms with van der Waals surface area (Å²) >= 11 is 0. The van der Waals surface area contributed by atoms with Gasteiger partial charge in [-0.15, -0.1) is 15.3 Å². The minimum absolute atomic E-state index is 0.174. The smallest absolute Gasteiger partial charge is 0.233 e. The molecule has 0 bridgehead atoms. The highest BCUT2D eigenvalue weighted by atomic mass is 16.5. The number of hydrogen-bond donors (Lipinski definition) is 0. The van der Waals surface area contributed by atoms with E-state index >= 15 is 0 Å². The van der Waals surface area contributed by atoms with Crippen LogP contribution in [0.3, 0.4) is 0 Å². The van der Waals surface area contributed by atoms with Crippen LogP contribution in [0.15, 0.2) is 6.07 Å². The summed E-state index contributed by atoms with van der Waals surface area (Å²) in [6, 6.07) is 1.87. The van der Waals surface area contributed by atoms with Crippen molar-refractivity contribution in [2.45, 2.75) is 39.8 Å². The van der Waals surface area contributed by atoms with Crippen LogP contribution in [0, 0.1) is 6.92 Å². The Bertz CT molecular complexity index is 516. The third-order valence-electron chi connectivity index (χ3n) is 2.50. The van der Waals surface area contributed by atoms with E-state index < -0.39 is 0 Å². The Labute approximate surface area is 106 Å². The number of rotatable bonds is 3. The van der Waals surface area contributed by atoms with E-state index in [0.29, 0.717) is 11.7 Å². The Kier molecular flexibility index (Phi) is 3.06. The molecule has 2 heterocycles. The second-order valence-corrected chi connectivity index (χ2v) is 5.20. The molecule has 7 heteroatoms. The van der Waals surface area contributed by atoms with Crippen molar-refractivity contribution in [2.24, 2.45) is 7.05 Å². The lowest BCUT2D eigenvalue weighted by atomic mass is 10.1. The normalized spacial score (nSPS) is 11.8. The molecule has 0 aliphatic rings. The van der Waals surface area contributed by atoms with Crippen molar-refractivity contribution in [1.29, 1.82) is 0 Å². The van der Waals surface area contributed by atoms with Gasteiger partial charge in [0.05, 0.1) is 5.54 Å². The molecule has 0 unspecified atom stereocenters. The number of hydrogen-bond acceptors (Lipinski definition) is 5. The minimum atomic E-state index is -0.174. The lowest BCUT2D eigenvalue weighted by molar-refractivity contribution is 0.274. The molecule has 2 aromatic rings. The first-order valence-electron chi connectivity index (χ1n) is 5.79. The molecule has 0 saturated heterocycles. The maximum Gasteiger partial charge on any atom is 0.233 e. The minimum Gasteiger partial charge on any atom is -0.468 e. The van der Waals surface area contributed by atoms with E-state index in [1.165, 1.54) is 0 Å². The average Bonchev–Trinajstić information content (AvgIpc) is 2.83. The summed E-state index contributed by atoms with van der Waals surface area (Å²) in [7, 11) is 1.87. The molecular weight excluding hydrogens is 232 g/mol. The quantitative estimate of drug-likeness (QED) is 0.814. The van der Waals surface area contributed by atoms with Crippen molar-refractivity contribution < 1.29 is 4.74 Å². The number of ether oxygens (including phenoxy) is 1. The summed E-state index contributed by atoms with van der Waals surface area (Å²) in [4.78, 5) is 1.58. The monoisotopic (exact) mass is 250 g/mol. The molecule has 0 aliphatic carbocycles. The predicted octanol–water partition coefficient (Wildman–Crippen LogP) is 1.05. The van der Waals surface area contributed by atoms with Crippen LogP contribution < -0.4 is 4.74 Å². The molecule has 0 spiro atoms. The van der Waals surface area contributed by atoms with Crippen LogP contribution in [0.2, 0.25) is 0 Å². The molecule has 0 fully saturated rings. The molecule has 18 heavy (non-hydrogen) atoms. The van der Waals surface area contributed by atoms with E-state index in [1.807, 2.05) is 40.8 Å². The zero-order chi connectivity index (χ0) is 13.3. The maximum absolute atomic E-state index is 5.51. The van der Waals surface area contributed by atoms with Gasteiger partial charge in [0, 0.05) is 18.8 Å². The summed E-state index contributed by atoms with van der Waals surface area (Å²) in [6.45, 7) is 8.28. The highest BCUT2D eigenvalue weighted by Gasteiger charge is 2.17. The largest absolute Gasteiger partial charge is 0.468 e. The van der Waals surface area contributed by atoms with Gasteiger partial charge in [-0.1, -0.05) is 0 Å². The highest BCUT2D eigenvalue weighted by molar-refractivity contribution is 5.13. The van der Waals surface area contributed by atoms with Gasteiger partial charge < -0.3 is 4.74 Å². The maximum atomic E-state index is 5.51. The lowest BCUT2D eigenvalue weighted by Gasteiger charge is -2.15. The standard InChI is InChI=1S/C11H18N6O/c1-8-6-10(14-16(8)5)18-7-9-12-15-17(13-9)11(2,3)4/h6H,7H2,1-5H3. The number of nitrogens with zero attached hydrogens (tertiary/aromatic N) is 6. The third kappa shape index (κ3) is 2.66. The number of aryl methyl sites for hydroxylation is 2. The van der Waals surface area contributed by atoms with Gasteiger partial charge >= 0.3 is 0 Å². The second kappa shape index (κ2) is 4.40. The molecule has 0 amide bonds. The van der Waals surface area contributed by atoms with Gasteiger partial charge in [-0.05, 0) is 32.9 Å². The van der Waals surface area contributed by atoms with E-state index in [-0.39, 0.29) is 12.1 Å². The Morgan fingerprint density at radius 1 is 1.28 bits per heavy atom. The van der Waals surface area contributed by atoms with E-state index in [0.717, 1.165) is 5.69 Å². The Morgan fingerprint density at radius 2 is 2.00 bits per heavy atom. The summed E-state index contributed by atoms with van der Waals surface area (Å²) in [5.41, 5.74) is 0.864. The molecule has 0 N–H and O–H groups in total. The first kappa shape index (κ1) is 12.5. The Morgan fingerprint density at radius 3 is 2.50 bits per heavy atom. The lowest BCUT2D eigenvalue weighted by Crippen LogP contribution is -2.24. The first-order valence-corrected chi connectivity index (χ1v) is 5.79. The van der Waals surface area contributed by atoms with Crippen LogP contribution in [0.5, 0.6) is 5.88 Å². The van der Waals surface area contributed by atoms with Crippen LogP contribution in [-0.2, 0) is 19.2 Å². The zero-order valence-electron chi connectivity index (χ0n) is 11.4. The van der Waals surface area contributed by atoms with Gasteiger partial charge in [0.2, 0.25) is 11.7 Å². The van der Waals surface area contributed by atoms with Gasteiger partial charge in [0.1, 0.15) is 0 Å². The molecule has 0 atom stereocenters. The fraction of sp³-hybridized carbons (Fsp3) is 0.636. The van der Waals surface area contributed by atoms with Crippen molar-refractivity contribution in [3.63, 3.8) is 0 Å². The molecule has 7 nitrogen and oxygen atoms in total. The predicted molar refractivity (Wildman–Crippen MR) is 65.1 cm³/mol. The van der Waals surface area contributed by atoms with Crippen LogP contribution in [0.25, 0.3) is 0 Å². The SMILES string of the molecule is Cc1cc(OCc2nnn(C(C)(C)C)n2)nn1C. The molecular formula is C11H18N6O. The second-order valence-electron chi connectivity index (χ2n) is 5.20. The molecule has 0 aliphatic heterocycles. The first-order chi connectivity index (χ1) is 8.36. The molecule has 0 aromatic carbocycles. The number of aromatic nitrogens is 6. The molecule has 0 radical (unpaired) electrons. The third-order valence-corrected chi connectivity index (χ3v) is 2.50. The number of tetrazole rings is 1. The van der Waals surface area contributed by atoms with E-state index in [9.17, 15) is 0 Å². The van der Waals surface area contributed by atoms with Crippen LogP contribution in [0.1, 0.15) is 32.3 Å². The van der Waals surface area contributed by atoms with Crippen molar-refractivity contribution in [3.05, 3.63) is 17.6 Å². The van der Waals surface area contributed by atoms with E-state index in [4.69, 9.17) is 4.74 Å². The van der Waals surface area contributed by atoms with Crippen LogP contribution in [0.4, 0.5) is 0 Å². The fourth-order valence-electron chi connectivity index (χ4n) is 1.32. The fourth-order valence-corrected chi connectivity index (χ4v) is 1.32.